The van der Waals surface area contributed by atoms with Crippen molar-refractivity contribution in [2.45, 2.75) is 12.8 Å². The molecule has 0 fully saturated rings. The predicted molar refractivity (Wildman–Crippen MR) is 114 cm³/mol. The van der Waals surface area contributed by atoms with Gasteiger partial charge in [0, 0.05) is 5.69 Å². The minimum atomic E-state index is -0.256. The number of hydrogen-bond donors (Lipinski definition) is 2. The van der Waals surface area contributed by atoms with Gasteiger partial charge in [-0.05, 0) is 41.3 Å². The lowest BCUT2D eigenvalue weighted by Gasteiger charge is -2.12. The fraction of sp³-hybridized carbons (Fsp3) is 0.167. The van der Waals surface area contributed by atoms with E-state index in [1.54, 1.807) is 19.2 Å². The molecule has 0 unspecified atom stereocenters. The van der Waals surface area contributed by atoms with Crippen molar-refractivity contribution >= 4 is 17.5 Å². The van der Waals surface area contributed by atoms with Gasteiger partial charge in [-0.3, -0.25) is 9.59 Å². The second kappa shape index (κ2) is 10.1. The van der Waals surface area contributed by atoms with E-state index in [0.29, 0.717) is 0 Å². The smallest absolute Gasteiger partial charge is 0.243 e. The monoisotopic (exact) mass is 388 g/mol. The molecule has 5 nitrogen and oxygen atoms in total. The van der Waals surface area contributed by atoms with Crippen molar-refractivity contribution < 1.29 is 14.3 Å². The van der Waals surface area contributed by atoms with Crippen LogP contribution in [0.4, 0.5) is 5.69 Å². The number of methoxy groups -OCH3 is 1. The first-order valence-corrected chi connectivity index (χ1v) is 9.45. The fourth-order valence-electron chi connectivity index (χ4n) is 2.98. The highest BCUT2D eigenvalue weighted by Crippen LogP contribution is 2.19. The maximum Gasteiger partial charge on any atom is 0.243 e. The summed E-state index contributed by atoms with van der Waals surface area (Å²) in [4.78, 5) is 24.4. The normalized spacial score (nSPS) is 10.2. The van der Waals surface area contributed by atoms with Crippen molar-refractivity contribution in [3.05, 3.63) is 95.6 Å². The molecule has 0 spiro atoms. The summed E-state index contributed by atoms with van der Waals surface area (Å²) in [6.45, 7) is -0.0747. The maximum atomic E-state index is 12.3. The standard InChI is InChI=1S/C24H24N2O3/c1-29-21-13-11-19(12-14-21)16-23(27)25-17-24(28)26-22-10-6-5-9-20(22)15-18-7-3-2-4-8-18/h2-14H,15-17H2,1H3,(H,25,27)(H,26,28). The third kappa shape index (κ3) is 6.21. The highest BCUT2D eigenvalue weighted by atomic mass is 16.5. The lowest BCUT2D eigenvalue weighted by Crippen LogP contribution is -2.34. The Kier molecular flexibility index (Phi) is 7.00. The molecule has 148 valence electrons. The number of amides is 2. The second-order valence-corrected chi connectivity index (χ2v) is 6.67. The fourth-order valence-corrected chi connectivity index (χ4v) is 2.98. The molecule has 29 heavy (non-hydrogen) atoms. The van der Waals surface area contributed by atoms with Crippen LogP contribution in [0.25, 0.3) is 0 Å². The molecule has 0 aliphatic carbocycles. The number of carbonyl (C=O) groups excluding carboxylic acids is 2. The molecule has 5 heteroatoms. The Morgan fingerprint density at radius 1 is 0.793 bits per heavy atom. The summed E-state index contributed by atoms with van der Waals surface area (Å²) in [6, 6.07) is 25.0. The van der Waals surface area contributed by atoms with Crippen LogP contribution >= 0.6 is 0 Å². The SMILES string of the molecule is COc1ccc(CC(=O)NCC(=O)Nc2ccccc2Cc2ccccc2)cc1. The van der Waals surface area contributed by atoms with Gasteiger partial charge in [0.2, 0.25) is 11.8 Å². The van der Waals surface area contributed by atoms with Crippen LogP contribution in [0, 0.1) is 0 Å². The number of benzene rings is 3. The van der Waals surface area contributed by atoms with E-state index in [0.717, 1.165) is 29.0 Å². The average Bonchev–Trinajstić information content (AvgIpc) is 2.75. The average molecular weight is 388 g/mol. The summed E-state index contributed by atoms with van der Waals surface area (Å²) in [7, 11) is 1.60. The zero-order valence-corrected chi connectivity index (χ0v) is 16.4. The van der Waals surface area contributed by atoms with Crippen LogP contribution in [-0.4, -0.2) is 25.5 Å². The molecule has 0 aromatic heterocycles. The second-order valence-electron chi connectivity index (χ2n) is 6.67. The summed E-state index contributed by atoms with van der Waals surface area (Å²) in [5.41, 5.74) is 3.81. The van der Waals surface area contributed by atoms with Crippen molar-refractivity contribution in [2.24, 2.45) is 0 Å². The lowest BCUT2D eigenvalue weighted by atomic mass is 10.0. The van der Waals surface area contributed by atoms with Crippen molar-refractivity contribution in [3.8, 4) is 5.75 Å². The van der Waals surface area contributed by atoms with Gasteiger partial charge >= 0.3 is 0 Å². The first-order chi connectivity index (χ1) is 14.1. The molecule has 0 radical (unpaired) electrons. The van der Waals surface area contributed by atoms with Gasteiger partial charge < -0.3 is 15.4 Å². The molecule has 2 N–H and O–H groups in total. The Balaban J connectivity index is 1.52. The van der Waals surface area contributed by atoms with E-state index in [9.17, 15) is 9.59 Å². The molecule has 0 aliphatic rings. The number of anilines is 1. The molecule has 3 rings (SSSR count). The molecule has 0 saturated carbocycles. The molecule has 0 saturated heterocycles. The van der Waals surface area contributed by atoms with Gasteiger partial charge in [0.15, 0.2) is 0 Å². The Hall–Kier alpha value is -3.60. The van der Waals surface area contributed by atoms with Gasteiger partial charge in [-0.15, -0.1) is 0 Å². The highest BCUT2D eigenvalue weighted by molar-refractivity contribution is 5.95. The molecule has 0 heterocycles. The van der Waals surface area contributed by atoms with Crippen LogP contribution in [-0.2, 0) is 22.4 Å². The Labute approximate surface area is 170 Å². The summed E-state index contributed by atoms with van der Waals surface area (Å²) < 4.78 is 5.10. The number of para-hydroxylation sites is 1. The van der Waals surface area contributed by atoms with Gasteiger partial charge in [0.1, 0.15) is 5.75 Å². The maximum absolute atomic E-state index is 12.3. The molecular formula is C24H24N2O3. The number of rotatable bonds is 8. The van der Waals surface area contributed by atoms with E-state index in [1.807, 2.05) is 54.6 Å². The van der Waals surface area contributed by atoms with Crippen molar-refractivity contribution in [1.29, 1.82) is 0 Å². The predicted octanol–water partition coefficient (Wildman–Crippen LogP) is 3.58. The molecule has 2 amide bonds. The van der Waals surface area contributed by atoms with Crippen molar-refractivity contribution in [3.63, 3.8) is 0 Å². The van der Waals surface area contributed by atoms with E-state index in [2.05, 4.69) is 22.8 Å². The number of carbonyl (C=O) groups is 2. The van der Waals surface area contributed by atoms with Gasteiger partial charge in [0.05, 0.1) is 20.1 Å². The van der Waals surface area contributed by atoms with E-state index in [4.69, 9.17) is 4.74 Å². The first kappa shape index (κ1) is 20.1. The van der Waals surface area contributed by atoms with Gasteiger partial charge in [0.25, 0.3) is 0 Å². The minimum Gasteiger partial charge on any atom is -0.497 e. The van der Waals surface area contributed by atoms with Crippen LogP contribution in [0.2, 0.25) is 0 Å². The number of hydrogen-bond acceptors (Lipinski definition) is 3. The van der Waals surface area contributed by atoms with Crippen LogP contribution in [0.5, 0.6) is 5.75 Å². The largest absolute Gasteiger partial charge is 0.497 e. The summed E-state index contributed by atoms with van der Waals surface area (Å²) in [6.07, 6.45) is 0.934. The molecule has 3 aromatic rings. The van der Waals surface area contributed by atoms with Crippen LogP contribution in [0.3, 0.4) is 0 Å². The highest BCUT2D eigenvalue weighted by Gasteiger charge is 2.10. The third-order valence-electron chi connectivity index (χ3n) is 4.50. The van der Waals surface area contributed by atoms with Gasteiger partial charge in [-0.2, -0.15) is 0 Å². The van der Waals surface area contributed by atoms with E-state index >= 15 is 0 Å². The summed E-state index contributed by atoms with van der Waals surface area (Å²) >= 11 is 0. The van der Waals surface area contributed by atoms with E-state index in [1.165, 1.54) is 5.56 Å². The van der Waals surface area contributed by atoms with E-state index in [-0.39, 0.29) is 24.8 Å². The van der Waals surface area contributed by atoms with Crippen LogP contribution < -0.4 is 15.4 Å². The Bertz CT molecular complexity index is 953. The topological polar surface area (TPSA) is 67.4 Å². The number of nitrogens with one attached hydrogen (secondary N) is 2. The molecule has 0 aliphatic heterocycles. The summed E-state index contributed by atoms with van der Waals surface area (Å²) in [5, 5.41) is 5.56. The first-order valence-electron chi connectivity index (χ1n) is 9.45. The van der Waals surface area contributed by atoms with E-state index < -0.39 is 0 Å². The Morgan fingerprint density at radius 2 is 1.48 bits per heavy atom. The van der Waals surface area contributed by atoms with Crippen molar-refractivity contribution in [1.82, 2.24) is 5.32 Å². The van der Waals surface area contributed by atoms with Crippen LogP contribution in [0.15, 0.2) is 78.9 Å². The van der Waals surface area contributed by atoms with Gasteiger partial charge in [-0.25, -0.2) is 0 Å². The summed E-state index contributed by atoms with van der Waals surface area (Å²) in [5.74, 6) is 0.277. The number of ether oxygens (including phenoxy) is 1. The zero-order valence-electron chi connectivity index (χ0n) is 16.4. The minimum absolute atomic E-state index is 0.0747. The molecule has 0 bridgehead atoms. The lowest BCUT2D eigenvalue weighted by molar-refractivity contribution is -0.123. The van der Waals surface area contributed by atoms with Gasteiger partial charge in [-0.1, -0.05) is 60.7 Å². The van der Waals surface area contributed by atoms with Crippen molar-refractivity contribution in [2.75, 3.05) is 19.0 Å². The zero-order chi connectivity index (χ0) is 20.5. The van der Waals surface area contributed by atoms with Crippen LogP contribution in [0.1, 0.15) is 16.7 Å². The Morgan fingerprint density at radius 3 is 2.21 bits per heavy atom. The molecule has 3 aromatic carbocycles. The quantitative estimate of drug-likeness (QED) is 0.620. The molecular weight excluding hydrogens is 364 g/mol. The molecule has 0 atom stereocenters. The third-order valence-corrected chi connectivity index (χ3v) is 4.50.